The van der Waals surface area contributed by atoms with Gasteiger partial charge in [-0.25, -0.2) is 0 Å². The van der Waals surface area contributed by atoms with Crippen LogP contribution in [-0.4, -0.2) is 55.7 Å². The zero-order chi connectivity index (χ0) is 20.1. The zero-order valence-corrected chi connectivity index (χ0v) is 16.4. The van der Waals surface area contributed by atoms with E-state index < -0.39 is 0 Å². The van der Waals surface area contributed by atoms with Crippen molar-refractivity contribution in [2.24, 2.45) is 5.92 Å². The van der Waals surface area contributed by atoms with Gasteiger partial charge in [-0.05, 0) is 12.0 Å². The first kappa shape index (κ1) is 19.1. The summed E-state index contributed by atoms with van der Waals surface area (Å²) in [6, 6.07) is 9.98. The molecule has 0 saturated carbocycles. The molecule has 1 atom stereocenters. The minimum atomic E-state index is -0.380. The number of tetrazole rings is 1. The molecule has 0 spiro atoms. The van der Waals surface area contributed by atoms with E-state index in [-0.39, 0.29) is 24.2 Å². The zero-order valence-electron chi connectivity index (χ0n) is 15.6. The number of aromatic nitrogens is 6. The van der Waals surface area contributed by atoms with Crippen LogP contribution in [0, 0.1) is 5.92 Å². The highest BCUT2D eigenvalue weighted by molar-refractivity contribution is 7.15. The molecule has 0 bridgehead atoms. The molecule has 1 fully saturated rings. The van der Waals surface area contributed by atoms with Crippen molar-refractivity contribution in [1.29, 1.82) is 0 Å². The maximum absolute atomic E-state index is 12.4. The Labute approximate surface area is 170 Å². The molecule has 1 aliphatic rings. The molecule has 0 radical (unpaired) electrons. The minimum Gasteiger partial charge on any atom is -0.356 e. The third-order valence-electron chi connectivity index (χ3n) is 4.65. The van der Waals surface area contributed by atoms with Crippen molar-refractivity contribution in [2.75, 3.05) is 18.0 Å². The van der Waals surface area contributed by atoms with Gasteiger partial charge in [-0.2, -0.15) is 5.21 Å². The Kier molecular flexibility index (Phi) is 5.84. The van der Waals surface area contributed by atoms with Crippen molar-refractivity contribution in [1.82, 2.24) is 36.1 Å². The van der Waals surface area contributed by atoms with Gasteiger partial charge in [-0.3, -0.25) is 14.5 Å². The number of aromatic amines is 1. The number of nitrogens with zero attached hydrogens (tertiary/aromatic N) is 6. The number of anilines is 1. The number of carbonyl (C=O) groups excluding carboxylic acids is 2. The van der Waals surface area contributed by atoms with Gasteiger partial charge < -0.3 is 5.32 Å². The molecule has 1 aromatic carbocycles. The number of rotatable bonds is 8. The Morgan fingerprint density at radius 1 is 1.24 bits per heavy atom. The summed E-state index contributed by atoms with van der Waals surface area (Å²) in [5, 5.41) is 26.3. The molecule has 29 heavy (non-hydrogen) atoms. The predicted octanol–water partition coefficient (Wildman–Crippen LogP) is 0.744. The van der Waals surface area contributed by atoms with Gasteiger partial charge >= 0.3 is 0 Å². The molecule has 2 amide bonds. The van der Waals surface area contributed by atoms with Crippen molar-refractivity contribution in [3.05, 3.63) is 46.7 Å². The summed E-state index contributed by atoms with van der Waals surface area (Å²) in [4.78, 5) is 26.4. The smallest absolute Gasteiger partial charge is 0.229 e. The molecule has 11 heteroatoms. The molecule has 0 aliphatic carbocycles. The molecule has 2 N–H and O–H groups in total. The number of amides is 2. The first-order chi connectivity index (χ1) is 14.2. The van der Waals surface area contributed by atoms with E-state index in [0.29, 0.717) is 43.3 Å². The van der Waals surface area contributed by atoms with Crippen molar-refractivity contribution in [2.45, 2.75) is 25.7 Å². The molecule has 150 valence electrons. The summed E-state index contributed by atoms with van der Waals surface area (Å²) >= 11 is 1.39. The second kappa shape index (κ2) is 8.86. The van der Waals surface area contributed by atoms with Crippen molar-refractivity contribution < 1.29 is 9.59 Å². The molecule has 1 unspecified atom stereocenters. The van der Waals surface area contributed by atoms with Gasteiger partial charge in [0.2, 0.25) is 16.9 Å². The summed E-state index contributed by atoms with van der Waals surface area (Å²) < 4.78 is 0. The average molecular weight is 412 g/mol. The normalized spacial score (nSPS) is 16.3. The summed E-state index contributed by atoms with van der Waals surface area (Å²) in [5.41, 5.74) is 1.14. The number of hydrogen-bond acceptors (Lipinski definition) is 8. The Morgan fingerprint density at radius 2 is 2.10 bits per heavy atom. The molecule has 1 saturated heterocycles. The molecule has 1 aliphatic heterocycles. The highest BCUT2D eigenvalue weighted by Gasteiger charge is 2.36. The van der Waals surface area contributed by atoms with E-state index in [2.05, 4.69) is 36.1 Å². The second-order valence-electron chi connectivity index (χ2n) is 6.77. The minimum absolute atomic E-state index is 0.0978. The van der Waals surface area contributed by atoms with Crippen LogP contribution < -0.4 is 10.2 Å². The number of benzene rings is 1. The van der Waals surface area contributed by atoms with Gasteiger partial charge in [-0.1, -0.05) is 46.9 Å². The van der Waals surface area contributed by atoms with Gasteiger partial charge in [-0.15, -0.1) is 20.4 Å². The van der Waals surface area contributed by atoms with Crippen molar-refractivity contribution in [3.63, 3.8) is 0 Å². The van der Waals surface area contributed by atoms with Gasteiger partial charge in [0.25, 0.3) is 0 Å². The van der Waals surface area contributed by atoms with Crippen LogP contribution in [0.2, 0.25) is 0 Å². The lowest BCUT2D eigenvalue weighted by molar-refractivity contribution is -0.126. The first-order valence-electron chi connectivity index (χ1n) is 9.36. The quantitative estimate of drug-likeness (QED) is 0.522. The third-order valence-corrected chi connectivity index (χ3v) is 5.59. The van der Waals surface area contributed by atoms with Gasteiger partial charge in [0, 0.05) is 32.4 Å². The van der Waals surface area contributed by atoms with Crippen molar-refractivity contribution >= 4 is 28.3 Å². The topological polar surface area (TPSA) is 130 Å². The summed E-state index contributed by atoms with van der Waals surface area (Å²) in [5.74, 6) is 0.0144. The van der Waals surface area contributed by atoms with Crippen molar-refractivity contribution in [3.8, 4) is 0 Å². The molecule has 10 nitrogen and oxygen atoms in total. The van der Waals surface area contributed by atoms with Gasteiger partial charge in [0.15, 0.2) is 5.82 Å². The maximum atomic E-state index is 12.4. The van der Waals surface area contributed by atoms with Gasteiger partial charge in [0.1, 0.15) is 5.01 Å². The number of nitrogens with one attached hydrogen (secondary N) is 2. The molecular weight excluding hydrogens is 392 g/mol. The monoisotopic (exact) mass is 412 g/mol. The van der Waals surface area contributed by atoms with Crippen LogP contribution in [-0.2, 0) is 22.4 Å². The van der Waals surface area contributed by atoms with Crippen LogP contribution in [0.5, 0.6) is 0 Å². The van der Waals surface area contributed by atoms with E-state index in [4.69, 9.17) is 0 Å². The van der Waals surface area contributed by atoms with Crippen LogP contribution in [0.4, 0.5) is 5.13 Å². The number of hydrogen-bond donors (Lipinski definition) is 2. The first-order valence-corrected chi connectivity index (χ1v) is 10.2. The summed E-state index contributed by atoms with van der Waals surface area (Å²) in [6.45, 7) is 0.827. The lowest BCUT2D eigenvalue weighted by atomic mass is 10.1. The van der Waals surface area contributed by atoms with E-state index in [9.17, 15) is 9.59 Å². The fraction of sp³-hybridized carbons (Fsp3) is 0.389. The van der Waals surface area contributed by atoms with Crippen LogP contribution in [0.1, 0.15) is 29.2 Å². The molecule has 3 aromatic rings. The number of carbonyl (C=O) groups is 2. The fourth-order valence-electron chi connectivity index (χ4n) is 3.15. The molecule has 2 aromatic heterocycles. The van der Waals surface area contributed by atoms with Gasteiger partial charge in [0.05, 0.1) is 5.92 Å². The highest BCUT2D eigenvalue weighted by atomic mass is 32.1. The molecule has 4 rings (SSSR count). The summed E-state index contributed by atoms with van der Waals surface area (Å²) in [6.07, 6.45) is 2.19. The van der Waals surface area contributed by atoms with Crippen LogP contribution >= 0.6 is 11.3 Å². The predicted molar refractivity (Wildman–Crippen MR) is 105 cm³/mol. The van der Waals surface area contributed by atoms with E-state index in [1.165, 1.54) is 11.3 Å². The summed E-state index contributed by atoms with van der Waals surface area (Å²) in [7, 11) is 0. The standard InChI is InChI=1S/C18H20N8O2S/c27-16-10-13(17(28)19-8-4-7-14-20-24-25-21-14)11-26(16)18-23-22-15(29-18)9-12-5-2-1-3-6-12/h1-3,5-6,13H,4,7-11H2,(H,19,28)(H,20,21,24,25). The molecular formula is C18H20N8O2S. The average Bonchev–Trinajstić information content (AvgIpc) is 3.47. The van der Waals surface area contributed by atoms with E-state index >= 15 is 0 Å². The second-order valence-corrected chi connectivity index (χ2v) is 7.81. The van der Waals surface area contributed by atoms with Crippen LogP contribution in [0.15, 0.2) is 30.3 Å². The fourth-order valence-corrected chi connectivity index (χ4v) is 4.05. The van der Waals surface area contributed by atoms with E-state index in [1.807, 2.05) is 30.3 Å². The Bertz CT molecular complexity index is 959. The van der Waals surface area contributed by atoms with E-state index in [0.717, 1.165) is 10.6 Å². The number of H-pyrrole nitrogens is 1. The number of aryl methyl sites for hydroxylation is 1. The van der Waals surface area contributed by atoms with Crippen LogP contribution in [0.3, 0.4) is 0 Å². The van der Waals surface area contributed by atoms with E-state index in [1.54, 1.807) is 4.90 Å². The third kappa shape index (κ3) is 4.80. The Hall–Kier alpha value is -3.21. The Balaban J connectivity index is 1.28. The Morgan fingerprint density at radius 3 is 2.90 bits per heavy atom. The largest absolute Gasteiger partial charge is 0.356 e. The highest BCUT2D eigenvalue weighted by Crippen LogP contribution is 2.28. The maximum Gasteiger partial charge on any atom is 0.229 e. The lowest BCUT2D eigenvalue weighted by Gasteiger charge is -2.12. The van der Waals surface area contributed by atoms with Crippen LogP contribution in [0.25, 0.3) is 0 Å². The SMILES string of the molecule is O=C(NCCCc1nn[nH]n1)C1CC(=O)N(c2nnc(Cc3ccccc3)s2)C1. The molecule has 3 heterocycles. The lowest BCUT2D eigenvalue weighted by Crippen LogP contribution is -2.33.